The van der Waals surface area contributed by atoms with Gasteiger partial charge in [0, 0.05) is 30.2 Å². The van der Waals surface area contributed by atoms with Crippen LogP contribution in [0, 0.1) is 11.6 Å². The van der Waals surface area contributed by atoms with Gasteiger partial charge in [0.15, 0.2) is 5.96 Å². The van der Waals surface area contributed by atoms with Crippen molar-refractivity contribution in [3.05, 3.63) is 51.5 Å². The van der Waals surface area contributed by atoms with Gasteiger partial charge in [-0.25, -0.2) is 13.8 Å². The van der Waals surface area contributed by atoms with Gasteiger partial charge in [-0.1, -0.05) is 13.0 Å². The number of hydrogen-bond donors (Lipinski definition) is 2. The monoisotopic (exact) mass is 509 g/mol. The van der Waals surface area contributed by atoms with Gasteiger partial charge in [0.1, 0.15) is 16.6 Å². The highest BCUT2D eigenvalue weighted by atomic mass is 127. The molecule has 0 saturated carbocycles. The standard InChI is InChI=1S/C18H25F2N5S.HI/c1-5-12-9-22-16(26-12)11-24-18(21-2)23-10-15(25(3)4)17-13(19)7-6-8-14(17)20;/h6-9,15H,5,10-11H2,1-4H3,(H2,21,23,24);1H. The molecule has 1 unspecified atom stereocenters. The van der Waals surface area contributed by atoms with E-state index in [-0.39, 0.29) is 29.5 Å². The van der Waals surface area contributed by atoms with Crippen molar-refractivity contribution in [2.24, 2.45) is 4.99 Å². The largest absolute Gasteiger partial charge is 0.354 e. The molecule has 2 rings (SSSR count). The number of aliphatic imine (C=N–C) groups is 1. The Morgan fingerprint density at radius 1 is 1.26 bits per heavy atom. The summed E-state index contributed by atoms with van der Waals surface area (Å²) in [5.41, 5.74) is 0.0490. The van der Waals surface area contributed by atoms with E-state index in [1.807, 2.05) is 6.20 Å². The lowest BCUT2D eigenvalue weighted by molar-refractivity contribution is 0.282. The fourth-order valence-corrected chi connectivity index (χ4v) is 3.34. The number of halogens is 3. The minimum absolute atomic E-state index is 0. The van der Waals surface area contributed by atoms with Crippen LogP contribution in [0.3, 0.4) is 0 Å². The molecule has 9 heteroatoms. The fourth-order valence-electron chi connectivity index (χ4n) is 2.54. The van der Waals surface area contributed by atoms with Crippen LogP contribution in [0.15, 0.2) is 29.4 Å². The number of hydrogen-bond acceptors (Lipinski definition) is 4. The maximum atomic E-state index is 14.1. The van der Waals surface area contributed by atoms with Crippen molar-refractivity contribution >= 4 is 41.3 Å². The molecular weight excluding hydrogens is 483 g/mol. The molecule has 1 atom stereocenters. The summed E-state index contributed by atoms with van der Waals surface area (Å²) in [4.78, 5) is 11.5. The van der Waals surface area contributed by atoms with Gasteiger partial charge in [-0.15, -0.1) is 35.3 Å². The lowest BCUT2D eigenvalue weighted by Crippen LogP contribution is -2.41. The summed E-state index contributed by atoms with van der Waals surface area (Å²) >= 11 is 1.65. The number of nitrogens with zero attached hydrogens (tertiary/aromatic N) is 3. The number of aryl methyl sites for hydroxylation is 1. The van der Waals surface area contributed by atoms with Gasteiger partial charge >= 0.3 is 0 Å². The highest BCUT2D eigenvalue weighted by Crippen LogP contribution is 2.23. The molecule has 0 amide bonds. The maximum Gasteiger partial charge on any atom is 0.191 e. The Bertz CT molecular complexity index is 731. The predicted molar refractivity (Wildman–Crippen MR) is 118 cm³/mol. The van der Waals surface area contributed by atoms with Crippen LogP contribution in [-0.4, -0.2) is 43.5 Å². The van der Waals surface area contributed by atoms with E-state index < -0.39 is 17.7 Å². The van der Waals surface area contributed by atoms with Gasteiger partial charge in [-0.05, 0) is 32.6 Å². The molecule has 0 radical (unpaired) electrons. The molecule has 0 fully saturated rings. The van der Waals surface area contributed by atoms with Crippen molar-refractivity contribution < 1.29 is 8.78 Å². The van der Waals surface area contributed by atoms with Gasteiger partial charge in [-0.2, -0.15) is 0 Å². The summed E-state index contributed by atoms with van der Waals surface area (Å²) < 4.78 is 28.3. The van der Waals surface area contributed by atoms with Gasteiger partial charge in [0.2, 0.25) is 0 Å². The van der Waals surface area contributed by atoms with Crippen LogP contribution in [-0.2, 0) is 13.0 Å². The summed E-state index contributed by atoms with van der Waals surface area (Å²) in [6.07, 6.45) is 2.84. The Hall–Kier alpha value is -1.33. The van der Waals surface area contributed by atoms with E-state index in [1.54, 1.807) is 37.4 Å². The second-order valence-corrected chi connectivity index (χ2v) is 7.20. The lowest BCUT2D eigenvalue weighted by atomic mass is 10.0. The Labute approximate surface area is 180 Å². The zero-order chi connectivity index (χ0) is 19.1. The molecule has 1 aromatic carbocycles. The van der Waals surface area contributed by atoms with Gasteiger partial charge < -0.3 is 15.5 Å². The van der Waals surface area contributed by atoms with Gasteiger partial charge in [0.05, 0.1) is 12.6 Å². The highest BCUT2D eigenvalue weighted by Gasteiger charge is 2.22. The molecule has 0 saturated heterocycles. The second kappa shape index (κ2) is 11.5. The molecule has 1 heterocycles. The third kappa shape index (κ3) is 6.65. The van der Waals surface area contributed by atoms with Crippen molar-refractivity contribution in [2.45, 2.75) is 25.9 Å². The van der Waals surface area contributed by atoms with Gasteiger partial charge in [0.25, 0.3) is 0 Å². The Morgan fingerprint density at radius 2 is 1.93 bits per heavy atom. The van der Waals surface area contributed by atoms with Crippen LogP contribution in [0.4, 0.5) is 8.78 Å². The van der Waals surface area contributed by atoms with Crippen molar-refractivity contribution in [3.63, 3.8) is 0 Å². The first-order chi connectivity index (χ1) is 12.5. The SMILES string of the molecule is CCc1cnc(CNC(=NC)NCC(c2c(F)cccc2F)N(C)C)s1.I. The number of rotatable bonds is 7. The molecule has 2 N–H and O–H groups in total. The Balaban J connectivity index is 0.00000364. The molecule has 0 aliphatic heterocycles. The third-order valence-corrected chi connectivity index (χ3v) is 5.14. The van der Waals surface area contributed by atoms with Crippen molar-refractivity contribution in [2.75, 3.05) is 27.7 Å². The molecule has 0 aliphatic rings. The Morgan fingerprint density at radius 3 is 2.44 bits per heavy atom. The third-order valence-electron chi connectivity index (χ3n) is 4.00. The molecule has 5 nitrogen and oxygen atoms in total. The van der Waals surface area contributed by atoms with E-state index in [0.29, 0.717) is 19.0 Å². The van der Waals surface area contributed by atoms with Crippen molar-refractivity contribution in [1.29, 1.82) is 0 Å². The highest BCUT2D eigenvalue weighted by molar-refractivity contribution is 14.0. The van der Waals surface area contributed by atoms with Crippen molar-refractivity contribution in [3.8, 4) is 0 Å². The summed E-state index contributed by atoms with van der Waals surface area (Å²) in [5.74, 6) is -0.548. The molecule has 1 aromatic heterocycles. The molecule has 150 valence electrons. The number of likely N-dealkylation sites (N-methyl/N-ethyl adjacent to an activating group) is 1. The summed E-state index contributed by atoms with van der Waals surface area (Å²) in [5, 5.41) is 7.28. The van der Waals surface area contributed by atoms with Crippen LogP contribution in [0.2, 0.25) is 0 Å². The molecule has 0 bridgehead atoms. The number of thiazole rings is 1. The van der Waals surface area contributed by atoms with E-state index >= 15 is 0 Å². The zero-order valence-electron chi connectivity index (χ0n) is 15.9. The smallest absolute Gasteiger partial charge is 0.191 e. The quantitative estimate of drug-likeness (QED) is 0.341. The van der Waals surface area contributed by atoms with Crippen LogP contribution in [0.5, 0.6) is 0 Å². The second-order valence-electron chi connectivity index (χ2n) is 6.00. The maximum absolute atomic E-state index is 14.1. The minimum Gasteiger partial charge on any atom is -0.354 e. The van der Waals surface area contributed by atoms with E-state index in [9.17, 15) is 8.78 Å². The predicted octanol–water partition coefficient (Wildman–Crippen LogP) is 3.57. The number of benzene rings is 1. The van der Waals surface area contributed by atoms with Crippen LogP contribution in [0.1, 0.15) is 28.4 Å². The molecule has 0 spiro atoms. The number of nitrogens with one attached hydrogen (secondary N) is 2. The average Bonchev–Trinajstić information content (AvgIpc) is 3.07. The summed E-state index contributed by atoms with van der Waals surface area (Å²) in [6.45, 7) is 2.95. The summed E-state index contributed by atoms with van der Waals surface area (Å²) in [7, 11) is 5.23. The average molecular weight is 509 g/mol. The normalized spacial score (nSPS) is 12.6. The van der Waals surface area contributed by atoms with E-state index in [2.05, 4.69) is 27.5 Å². The van der Waals surface area contributed by atoms with E-state index in [4.69, 9.17) is 0 Å². The van der Waals surface area contributed by atoms with Crippen LogP contribution in [0.25, 0.3) is 0 Å². The van der Waals surface area contributed by atoms with E-state index in [1.165, 1.54) is 23.1 Å². The molecule has 27 heavy (non-hydrogen) atoms. The fraction of sp³-hybridized carbons (Fsp3) is 0.444. The zero-order valence-corrected chi connectivity index (χ0v) is 19.1. The van der Waals surface area contributed by atoms with Gasteiger partial charge in [-0.3, -0.25) is 4.99 Å². The first-order valence-corrected chi connectivity index (χ1v) is 9.26. The molecule has 2 aromatic rings. The number of aromatic nitrogens is 1. The molecule has 0 aliphatic carbocycles. The van der Waals surface area contributed by atoms with Crippen LogP contribution < -0.4 is 10.6 Å². The van der Waals surface area contributed by atoms with Crippen LogP contribution >= 0.6 is 35.3 Å². The summed E-state index contributed by atoms with van der Waals surface area (Å²) in [6, 6.07) is 3.44. The lowest BCUT2D eigenvalue weighted by Gasteiger charge is -2.26. The first-order valence-electron chi connectivity index (χ1n) is 8.44. The Kier molecular flexibility index (Phi) is 10.1. The number of guanidine groups is 1. The first kappa shape index (κ1) is 23.7. The van der Waals surface area contributed by atoms with E-state index in [0.717, 1.165) is 11.4 Å². The van der Waals surface area contributed by atoms with Crippen molar-refractivity contribution in [1.82, 2.24) is 20.5 Å². The molecular formula is C18H26F2IN5S. The minimum atomic E-state index is -0.552. The topological polar surface area (TPSA) is 52.6 Å².